The molecule has 6 nitrogen and oxygen atoms in total. The second-order valence-corrected chi connectivity index (χ2v) is 6.65. The molecule has 1 N–H and O–H groups in total. The molecule has 1 saturated heterocycles. The monoisotopic (exact) mass is 345 g/mol. The third kappa shape index (κ3) is 3.56. The molecule has 1 fully saturated rings. The molecule has 0 bridgehead atoms. The largest absolute Gasteiger partial charge is 0.497 e. The van der Waals surface area contributed by atoms with Gasteiger partial charge in [-0.05, 0) is 31.2 Å². The van der Waals surface area contributed by atoms with Crippen molar-refractivity contribution in [3.63, 3.8) is 0 Å². The van der Waals surface area contributed by atoms with Crippen LogP contribution in [0.5, 0.6) is 5.75 Å². The number of thiazole rings is 1. The topological polar surface area (TPSA) is 71.5 Å². The Hall–Kier alpha value is -2.41. The van der Waals surface area contributed by atoms with Crippen molar-refractivity contribution < 1.29 is 14.3 Å². The molecule has 1 atom stereocenters. The zero-order chi connectivity index (χ0) is 17.1. The van der Waals surface area contributed by atoms with Gasteiger partial charge in [0.1, 0.15) is 10.8 Å². The van der Waals surface area contributed by atoms with Crippen LogP contribution in [-0.4, -0.2) is 30.5 Å². The first-order chi connectivity index (χ1) is 11.6. The van der Waals surface area contributed by atoms with Crippen molar-refractivity contribution in [2.45, 2.75) is 19.9 Å². The van der Waals surface area contributed by atoms with E-state index in [1.54, 1.807) is 24.1 Å². The van der Waals surface area contributed by atoms with Gasteiger partial charge in [-0.3, -0.25) is 9.59 Å². The molecule has 0 unspecified atom stereocenters. The number of ether oxygens (including phenoxy) is 1. The van der Waals surface area contributed by atoms with Crippen LogP contribution in [-0.2, 0) is 16.1 Å². The van der Waals surface area contributed by atoms with Crippen molar-refractivity contribution in [1.82, 2.24) is 10.3 Å². The summed E-state index contributed by atoms with van der Waals surface area (Å²) in [5.41, 5.74) is 1.73. The highest BCUT2D eigenvalue weighted by Crippen LogP contribution is 2.27. The third-order valence-corrected chi connectivity index (χ3v) is 4.93. The number of hydrogen-bond acceptors (Lipinski definition) is 5. The van der Waals surface area contributed by atoms with Crippen molar-refractivity contribution >= 4 is 28.8 Å². The fraction of sp³-hybridized carbons (Fsp3) is 0.353. The average Bonchev–Trinajstić information content (AvgIpc) is 3.18. The molecule has 3 rings (SSSR count). The second kappa shape index (κ2) is 7.00. The van der Waals surface area contributed by atoms with Crippen LogP contribution < -0.4 is 15.0 Å². The van der Waals surface area contributed by atoms with Crippen molar-refractivity contribution in [2.75, 3.05) is 18.6 Å². The molecular weight excluding hydrogens is 326 g/mol. The summed E-state index contributed by atoms with van der Waals surface area (Å²) < 4.78 is 5.12. The number of carbonyl (C=O) groups excluding carboxylic acids is 2. The van der Waals surface area contributed by atoms with Gasteiger partial charge in [0.2, 0.25) is 11.8 Å². The van der Waals surface area contributed by atoms with Gasteiger partial charge < -0.3 is 15.0 Å². The first-order valence-corrected chi connectivity index (χ1v) is 8.58. The molecule has 0 saturated carbocycles. The van der Waals surface area contributed by atoms with E-state index in [1.807, 2.05) is 24.4 Å². The Morgan fingerprint density at radius 3 is 2.79 bits per heavy atom. The van der Waals surface area contributed by atoms with Gasteiger partial charge in [0.15, 0.2) is 0 Å². The van der Waals surface area contributed by atoms with Crippen LogP contribution >= 0.6 is 11.3 Å². The number of anilines is 1. The average molecular weight is 345 g/mol. The van der Waals surface area contributed by atoms with E-state index in [9.17, 15) is 9.59 Å². The number of nitrogens with one attached hydrogen (secondary N) is 1. The van der Waals surface area contributed by atoms with E-state index in [-0.39, 0.29) is 24.2 Å². The van der Waals surface area contributed by atoms with E-state index in [4.69, 9.17) is 4.74 Å². The maximum absolute atomic E-state index is 12.3. The lowest BCUT2D eigenvalue weighted by molar-refractivity contribution is -0.126. The van der Waals surface area contributed by atoms with Gasteiger partial charge in [0, 0.05) is 29.7 Å². The van der Waals surface area contributed by atoms with E-state index in [0.29, 0.717) is 13.1 Å². The van der Waals surface area contributed by atoms with Crippen LogP contribution in [0.3, 0.4) is 0 Å². The molecule has 1 aliphatic rings. The molecule has 126 valence electrons. The van der Waals surface area contributed by atoms with Crippen LogP contribution in [0.25, 0.3) is 0 Å². The quantitative estimate of drug-likeness (QED) is 0.901. The number of amides is 2. The molecule has 2 aromatic rings. The smallest absolute Gasteiger partial charge is 0.227 e. The normalized spacial score (nSPS) is 17.2. The zero-order valence-electron chi connectivity index (χ0n) is 13.6. The van der Waals surface area contributed by atoms with Crippen molar-refractivity contribution in [2.24, 2.45) is 5.92 Å². The first-order valence-electron chi connectivity index (χ1n) is 7.70. The lowest BCUT2D eigenvalue weighted by Gasteiger charge is -2.17. The van der Waals surface area contributed by atoms with Crippen molar-refractivity contribution in [3.8, 4) is 5.75 Å². The van der Waals surface area contributed by atoms with Gasteiger partial charge >= 0.3 is 0 Å². The molecule has 1 aromatic carbocycles. The van der Waals surface area contributed by atoms with Crippen LogP contribution in [0.1, 0.15) is 17.1 Å². The zero-order valence-corrected chi connectivity index (χ0v) is 14.4. The van der Waals surface area contributed by atoms with Crippen LogP contribution in [0.15, 0.2) is 29.6 Å². The summed E-state index contributed by atoms with van der Waals surface area (Å²) in [6.07, 6.45) is 0.231. The Bertz CT molecular complexity index is 742. The highest BCUT2D eigenvalue weighted by Gasteiger charge is 2.35. The van der Waals surface area contributed by atoms with E-state index >= 15 is 0 Å². The van der Waals surface area contributed by atoms with Crippen molar-refractivity contribution in [3.05, 3.63) is 40.3 Å². The maximum atomic E-state index is 12.3. The number of carbonyl (C=O) groups is 2. The van der Waals surface area contributed by atoms with Gasteiger partial charge in [-0.15, -0.1) is 11.3 Å². The predicted octanol–water partition coefficient (Wildman–Crippen LogP) is 2.13. The van der Waals surface area contributed by atoms with Crippen LogP contribution in [0.4, 0.5) is 5.69 Å². The molecule has 0 aliphatic carbocycles. The summed E-state index contributed by atoms with van der Waals surface area (Å²) in [6.45, 7) is 2.72. The van der Waals surface area contributed by atoms with Gasteiger partial charge in [0.05, 0.1) is 19.6 Å². The molecule has 0 radical (unpaired) electrons. The fourth-order valence-electron chi connectivity index (χ4n) is 2.69. The Kier molecular flexibility index (Phi) is 4.80. The lowest BCUT2D eigenvalue weighted by atomic mass is 10.1. The molecule has 2 heterocycles. The van der Waals surface area contributed by atoms with Crippen molar-refractivity contribution in [1.29, 1.82) is 0 Å². The molecule has 24 heavy (non-hydrogen) atoms. The van der Waals surface area contributed by atoms with Crippen LogP contribution in [0, 0.1) is 12.8 Å². The predicted molar refractivity (Wildman–Crippen MR) is 92.2 cm³/mol. The summed E-state index contributed by atoms with van der Waals surface area (Å²) >= 11 is 1.52. The van der Waals surface area contributed by atoms with E-state index in [1.165, 1.54) is 11.3 Å². The molecule has 7 heteroatoms. The van der Waals surface area contributed by atoms with E-state index in [2.05, 4.69) is 10.3 Å². The summed E-state index contributed by atoms with van der Waals surface area (Å²) in [5, 5.41) is 5.70. The highest BCUT2D eigenvalue weighted by atomic mass is 32.1. The third-order valence-electron chi connectivity index (χ3n) is 3.96. The summed E-state index contributed by atoms with van der Waals surface area (Å²) in [7, 11) is 1.60. The summed E-state index contributed by atoms with van der Waals surface area (Å²) in [5.74, 6) is 0.261. The Morgan fingerprint density at radius 2 is 2.17 bits per heavy atom. The summed E-state index contributed by atoms with van der Waals surface area (Å²) in [6, 6.07) is 7.27. The Labute approximate surface area is 144 Å². The first kappa shape index (κ1) is 16.4. The second-order valence-electron chi connectivity index (χ2n) is 5.70. The van der Waals surface area contributed by atoms with Crippen LogP contribution in [0.2, 0.25) is 0 Å². The standard InChI is InChI=1S/C17H19N3O3S/c1-11-10-24-15(19-11)8-18-17(22)12-7-16(21)20(9-12)13-3-5-14(23-2)6-4-13/h3-6,10,12H,7-9H2,1-2H3,(H,18,22)/t12-/m1/s1. The number of hydrogen-bond donors (Lipinski definition) is 1. The van der Waals surface area contributed by atoms with Gasteiger partial charge in [-0.1, -0.05) is 0 Å². The number of aromatic nitrogens is 1. The van der Waals surface area contributed by atoms with Gasteiger partial charge in [-0.25, -0.2) is 4.98 Å². The molecular formula is C17H19N3O3S. The number of rotatable bonds is 5. The molecule has 1 aliphatic heterocycles. The lowest BCUT2D eigenvalue weighted by Crippen LogP contribution is -2.32. The van der Waals surface area contributed by atoms with E-state index < -0.39 is 0 Å². The fourth-order valence-corrected chi connectivity index (χ4v) is 3.40. The van der Waals surface area contributed by atoms with Gasteiger partial charge in [-0.2, -0.15) is 0 Å². The number of methoxy groups -OCH3 is 1. The molecule has 1 aromatic heterocycles. The molecule has 2 amide bonds. The number of nitrogens with zero attached hydrogens (tertiary/aromatic N) is 2. The summed E-state index contributed by atoms with van der Waals surface area (Å²) in [4.78, 5) is 30.5. The Balaban J connectivity index is 1.59. The number of aryl methyl sites for hydroxylation is 1. The SMILES string of the molecule is COc1ccc(N2C[C@H](C(=O)NCc3nc(C)cs3)CC2=O)cc1. The highest BCUT2D eigenvalue weighted by molar-refractivity contribution is 7.09. The molecule has 0 spiro atoms. The Morgan fingerprint density at radius 1 is 1.42 bits per heavy atom. The van der Waals surface area contributed by atoms with Gasteiger partial charge in [0.25, 0.3) is 0 Å². The maximum Gasteiger partial charge on any atom is 0.227 e. The minimum absolute atomic E-state index is 0.0367. The minimum atomic E-state index is -0.333. The van der Waals surface area contributed by atoms with E-state index in [0.717, 1.165) is 22.1 Å². The number of benzene rings is 1. The minimum Gasteiger partial charge on any atom is -0.497 e.